The van der Waals surface area contributed by atoms with Crippen LogP contribution >= 0.6 is 0 Å². The molecule has 0 radical (unpaired) electrons. The lowest BCUT2D eigenvalue weighted by atomic mass is 9.95. The molecule has 0 aliphatic rings. The van der Waals surface area contributed by atoms with Gasteiger partial charge < -0.3 is 0 Å². The van der Waals surface area contributed by atoms with E-state index in [1.807, 2.05) is 0 Å². The van der Waals surface area contributed by atoms with Gasteiger partial charge in [0.2, 0.25) is 10.0 Å². The molecule has 9 heteroatoms. The van der Waals surface area contributed by atoms with Crippen LogP contribution in [0.4, 0.5) is 13.2 Å². The number of hydrogen-bond acceptors (Lipinski definition) is 3. The van der Waals surface area contributed by atoms with Crippen LogP contribution in [0, 0.1) is 6.92 Å². The van der Waals surface area contributed by atoms with Crippen LogP contribution in [0.25, 0.3) is 28.6 Å². The van der Waals surface area contributed by atoms with Gasteiger partial charge in [-0.3, -0.25) is 0 Å². The molecule has 0 atom stereocenters. The molecule has 0 saturated carbocycles. The molecule has 0 saturated heterocycles. The molecule has 3 aromatic rings. The molecule has 3 rings (SSSR count). The van der Waals surface area contributed by atoms with Crippen LogP contribution in [-0.4, -0.2) is 18.2 Å². The predicted octanol–water partition coefficient (Wildman–Crippen LogP) is 4.68. The second-order valence-corrected chi connectivity index (χ2v) is 7.88. The average molecular weight is 421 g/mol. The van der Waals surface area contributed by atoms with Gasteiger partial charge in [-0.05, 0) is 31.0 Å². The number of alkyl halides is 3. The van der Waals surface area contributed by atoms with Gasteiger partial charge in [-0.2, -0.15) is 18.3 Å². The molecule has 2 N–H and O–H groups in total. The fourth-order valence-electron chi connectivity index (χ4n) is 3.16. The number of rotatable bonds is 4. The van der Waals surface area contributed by atoms with E-state index in [2.05, 4.69) is 5.10 Å². The first kappa shape index (κ1) is 20.8. The summed E-state index contributed by atoms with van der Waals surface area (Å²) < 4.78 is 67.1. The van der Waals surface area contributed by atoms with Crippen molar-refractivity contribution >= 4 is 16.2 Å². The number of hydrogen-bond donors (Lipinski definition) is 1. The van der Waals surface area contributed by atoms with Crippen LogP contribution in [0.3, 0.4) is 0 Å². The summed E-state index contributed by atoms with van der Waals surface area (Å²) in [6.45, 7) is 3.24. The molecule has 0 aliphatic carbocycles. The van der Waals surface area contributed by atoms with E-state index in [1.165, 1.54) is 36.5 Å². The van der Waals surface area contributed by atoms with Crippen molar-refractivity contribution in [3.8, 4) is 22.4 Å². The lowest BCUT2D eigenvalue weighted by Gasteiger charge is -2.13. The van der Waals surface area contributed by atoms with E-state index in [4.69, 9.17) is 5.14 Å². The van der Waals surface area contributed by atoms with Gasteiger partial charge in [0.25, 0.3) is 0 Å². The summed E-state index contributed by atoms with van der Waals surface area (Å²) in [5, 5.41) is 9.42. The molecule has 29 heavy (non-hydrogen) atoms. The molecule has 152 valence electrons. The van der Waals surface area contributed by atoms with Crippen LogP contribution < -0.4 is 5.14 Å². The molecule has 2 aromatic carbocycles. The molecule has 0 amide bonds. The minimum atomic E-state index is -4.74. The number of nitrogens with zero attached hydrogens (tertiary/aromatic N) is 2. The highest BCUT2D eigenvalue weighted by Gasteiger charge is 2.41. The zero-order chi connectivity index (χ0) is 21.4. The van der Waals surface area contributed by atoms with Crippen LogP contribution in [0.1, 0.15) is 18.2 Å². The molecular formula is C20H18F3N3O2S. The third-order valence-electron chi connectivity index (χ3n) is 4.33. The van der Waals surface area contributed by atoms with E-state index in [9.17, 15) is 21.6 Å². The van der Waals surface area contributed by atoms with Gasteiger partial charge in [-0.25, -0.2) is 18.2 Å². The summed E-state index contributed by atoms with van der Waals surface area (Å²) in [4.78, 5) is -0.298. The van der Waals surface area contributed by atoms with Crippen molar-refractivity contribution in [2.24, 2.45) is 5.14 Å². The molecule has 5 nitrogen and oxygen atoms in total. The number of nitrogens with two attached hydrogens (primary N) is 1. The van der Waals surface area contributed by atoms with Gasteiger partial charge in [-0.1, -0.05) is 48.5 Å². The lowest BCUT2D eigenvalue weighted by molar-refractivity contribution is -0.142. The first-order chi connectivity index (χ1) is 13.6. The predicted molar refractivity (Wildman–Crippen MR) is 105 cm³/mol. The van der Waals surface area contributed by atoms with Gasteiger partial charge in [-0.15, -0.1) is 0 Å². The number of primary sulfonamides is 1. The average Bonchev–Trinajstić information content (AvgIpc) is 3.01. The highest BCUT2D eigenvalue weighted by atomic mass is 32.2. The Balaban J connectivity index is 2.52. The van der Waals surface area contributed by atoms with E-state index in [0.29, 0.717) is 11.1 Å². The van der Waals surface area contributed by atoms with Gasteiger partial charge in [0.15, 0.2) is 5.69 Å². The van der Waals surface area contributed by atoms with Crippen molar-refractivity contribution in [3.63, 3.8) is 0 Å². The Kier molecular flexibility index (Phi) is 5.38. The minimum absolute atomic E-state index is 0.00186. The quantitative estimate of drug-likeness (QED) is 0.664. The summed E-state index contributed by atoms with van der Waals surface area (Å²) >= 11 is 0. The summed E-state index contributed by atoms with van der Waals surface area (Å²) in [5.41, 5.74) is -0.424. The molecule has 0 fully saturated rings. The maximum Gasteiger partial charge on any atom is 0.434 e. The first-order valence-corrected chi connectivity index (χ1v) is 10.1. The van der Waals surface area contributed by atoms with E-state index >= 15 is 0 Å². The highest BCUT2D eigenvalue weighted by molar-refractivity contribution is 7.89. The van der Waals surface area contributed by atoms with Crippen molar-refractivity contribution < 1.29 is 21.6 Å². The number of aromatic nitrogens is 2. The van der Waals surface area contributed by atoms with E-state index < -0.39 is 21.9 Å². The molecule has 1 heterocycles. The summed E-state index contributed by atoms with van der Waals surface area (Å²) in [5.74, 6) is 0. The topological polar surface area (TPSA) is 78.0 Å². The Morgan fingerprint density at radius 3 is 2.17 bits per heavy atom. The number of halogens is 3. The molecule has 0 spiro atoms. The molecule has 1 aromatic heterocycles. The second-order valence-electron chi connectivity index (χ2n) is 6.35. The van der Waals surface area contributed by atoms with Gasteiger partial charge in [0, 0.05) is 17.3 Å². The molecule has 0 bridgehead atoms. The Morgan fingerprint density at radius 2 is 1.62 bits per heavy atom. The second kappa shape index (κ2) is 7.49. The number of sulfonamides is 1. The van der Waals surface area contributed by atoms with Crippen molar-refractivity contribution in [2.75, 3.05) is 0 Å². The Hall–Kier alpha value is -2.91. The Labute approximate surface area is 166 Å². The zero-order valence-electron chi connectivity index (χ0n) is 15.6. The van der Waals surface area contributed by atoms with Crippen LogP contribution in [0.15, 0.2) is 59.5 Å². The fourth-order valence-corrected chi connectivity index (χ4v) is 3.90. The van der Waals surface area contributed by atoms with Crippen LogP contribution in [-0.2, 0) is 16.2 Å². The SMILES string of the molecule is CC=Cn1nc(-c2ccccc2S(N)(=O)=O)c(-c2ccccc2C)c1C(F)(F)F. The third-order valence-corrected chi connectivity index (χ3v) is 5.30. The smallest absolute Gasteiger partial charge is 0.235 e. The van der Waals surface area contributed by atoms with Gasteiger partial charge >= 0.3 is 6.18 Å². The normalized spacial score (nSPS) is 12.6. The van der Waals surface area contributed by atoms with E-state index in [0.717, 1.165) is 4.68 Å². The maximum absolute atomic E-state index is 14.1. The highest BCUT2D eigenvalue weighted by Crippen LogP contribution is 2.44. The largest absolute Gasteiger partial charge is 0.434 e. The van der Waals surface area contributed by atoms with Crippen LogP contribution in [0.2, 0.25) is 0 Å². The summed E-state index contributed by atoms with van der Waals surface area (Å²) in [6, 6.07) is 12.2. The molecular weight excluding hydrogens is 403 g/mol. The standard InChI is InChI=1S/C20H18F3N3O2S/c1-3-12-26-19(20(21,22)23)17(14-9-5-4-8-13(14)2)18(25-26)15-10-6-7-11-16(15)29(24,27)28/h3-12H,1-2H3,(H2,24,27,28). The Morgan fingerprint density at radius 1 is 1.03 bits per heavy atom. The van der Waals surface area contributed by atoms with Gasteiger partial charge in [0.05, 0.1) is 4.90 Å². The zero-order valence-corrected chi connectivity index (χ0v) is 16.4. The lowest BCUT2D eigenvalue weighted by Crippen LogP contribution is -2.13. The van der Waals surface area contributed by atoms with Gasteiger partial charge in [0.1, 0.15) is 5.69 Å². The Bertz CT molecular complexity index is 1200. The summed E-state index contributed by atoms with van der Waals surface area (Å²) in [6.07, 6.45) is -2.15. The number of benzene rings is 2. The fraction of sp³-hybridized carbons (Fsp3) is 0.150. The molecule has 0 unspecified atom stereocenters. The summed E-state index contributed by atoms with van der Waals surface area (Å²) in [7, 11) is -4.19. The monoisotopic (exact) mass is 421 g/mol. The van der Waals surface area contributed by atoms with Crippen molar-refractivity contribution in [2.45, 2.75) is 24.9 Å². The molecule has 0 aliphatic heterocycles. The minimum Gasteiger partial charge on any atom is -0.235 e. The van der Waals surface area contributed by atoms with E-state index in [-0.39, 0.29) is 21.7 Å². The first-order valence-electron chi connectivity index (χ1n) is 8.56. The third kappa shape index (κ3) is 3.96. The van der Waals surface area contributed by atoms with Crippen LogP contribution in [0.5, 0.6) is 0 Å². The van der Waals surface area contributed by atoms with E-state index in [1.54, 1.807) is 38.1 Å². The number of aryl methyl sites for hydroxylation is 1. The maximum atomic E-state index is 14.1. The number of allylic oxidation sites excluding steroid dienone is 1. The van der Waals surface area contributed by atoms with Crippen molar-refractivity contribution in [1.82, 2.24) is 9.78 Å². The van der Waals surface area contributed by atoms with Crippen molar-refractivity contribution in [1.29, 1.82) is 0 Å². The van der Waals surface area contributed by atoms with Crippen molar-refractivity contribution in [3.05, 3.63) is 65.9 Å².